The highest BCUT2D eigenvalue weighted by molar-refractivity contribution is 7.89. The van der Waals surface area contributed by atoms with Gasteiger partial charge in [0.25, 0.3) is 5.91 Å². The van der Waals surface area contributed by atoms with Gasteiger partial charge in [0.15, 0.2) is 10.9 Å². The van der Waals surface area contributed by atoms with Gasteiger partial charge in [0, 0.05) is 31.1 Å². The summed E-state index contributed by atoms with van der Waals surface area (Å²) in [6.07, 6.45) is 1.69. The summed E-state index contributed by atoms with van der Waals surface area (Å²) in [5.74, 6) is -0.564. The van der Waals surface area contributed by atoms with Crippen molar-refractivity contribution in [3.8, 4) is 11.3 Å². The van der Waals surface area contributed by atoms with Crippen molar-refractivity contribution in [1.82, 2.24) is 9.29 Å². The zero-order valence-electron chi connectivity index (χ0n) is 18.9. The van der Waals surface area contributed by atoms with Gasteiger partial charge in [-0.25, -0.2) is 13.4 Å². The number of carbonyl (C=O) groups excluding carboxylic acids is 2. The molecule has 0 fully saturated rings. The van der Waals surface area contributed by atoms with Crippen LogP contribution in [0, 0.1) is 0 Å². The molecule has 0 radical (unpaired) electrons. The Bertz CT molecular complexity index is 1220. The van der Waals surface area contributed by atoms with Crippen molar-refractivity contribution in [3.05, 3.63) is 65.0 Å². The van der Waals surface area contributed by atoms with Crippen LogP contribution in [0.5, 0.6) is 0 Å². The maximum absolute atomic E-state index is 12.9. The zero-order chi connectivity index (χ0) is 24.0. The molecule has 0 aliphatic rings. The van der Waals surface area contributed by atoms with Crippen molar-refractivity contribution in [1.29, 1.82) is 0 Å². The number of thiazole rings is 1. The van der Waals surface area contributed by atoms with E-state index >= 15 is 0 Å². The van der Waals surface area contributed by atoms with Gasteiger partial charge in [-0.3, -0.25) is 14.9 Å². The normalized spacial score (nSPS) is 11.5. The lowest BCUT2D eigenvalue weighted by molar-refractivity contribution is 0.101. The van der Waals surface area contributed by atoms with Crippen LogP contribution in [0.3, 0.4) is 0 Å². The second kappa shape index (κ2) is 10.8. The van der Waals surface area contributed by atoms with Gasteiger partial charge in [0.2, 0.25) is 10.0 Å². The minimum absolute atomic E-state index is 0.134. The number of hydrogen-bond acceptors (Lipinski definition) is 6. The highest BCUT2D eigenvalue weighted by atomic mass is 32.2. The zero-order valence-corrected chi connectivity index (χ0v) is 20.5. The Kier molecular flexibility index (Phi) is 8.12. The molecular weight excluding hydrogens is 458 g/mol. The Morgan fingerprint density at radius 1 is 1.03 bits per heavy atom. The molecule has 2 aromatic carbocycles. The van der Waals surface area contributed by atoms with Crippen LogP contribution in [-0.4, -0.2) is 42.5 Å². The number of anilines is 1. The van der Waals surface area contributed by atoms with Crippen LogP contribution in [-0.2, 0) is 10.0 Å². The fraction of sp³-hybridized carbons (Fsp3) is 0.292. The van der Waals surface area contributed by atoms with Crippen LogP contribution in [0.1, 0.15) is 53.6 Å². The standard InChI is InChI=1S/C24H27N3O4S2/c1-4-6-16-27(5-2)33(30,31)20-14-12-19(13-15-20)23(29)26-24-25-21(22(32-24)17(3)28)18-10-8-7-9-11-18/h7-15H,4-6,16H2,1-3H3,(H,25,26,29). The number of hydrogen-bond donors (Lipinski definition) is 1. The number of unbranched alkanes of at least 4 members (excludes halogenated alkanes) is 1. The molecule has 1 N–H and O–H groups in total. The summed E-state index contributed by atoms with van der Waals surface area (Å²) >= 11 is 1.11. The lowest BCUT2D eigenvalue weighted by Gasteiger charge is -2.20. The molecule has 0 atom stereocenters. The van der Waals surface area contributed by atoms with Crippen molar-refractivity contribution in [2.24, 2.45) is 0 Å². The molecule has 1 aromatic heterocycles. The van der Waals surface area contributed by atoms with E-state index in [2.05, 4.69) is 10.3 Å². The number of benzene rings is 2. The SMILES string of the molecule is CCCCN(CC)S(=O)(=O)c1ccc(C(=O)Nc2nc(-c3ccccc3)c(C(C)=O)s2)cc1. The first-order valence-corrected chi connectivity index (χ1v) is 13.0. The summed E-state index contributed by atoms with van der Waals surface area (Å²) in [4.78, 5) is 29.9. The number of Topliss-reactive ketones (excluding diaryl/α,β-unsaturated/α-hetero) is 1. The molecule has 0 aliphatic carbocycles. The summed E-state index contributed by atoms with van der Waals surface area (Å²) in [6.45, 7) is 6.13. The average Bonchev–Trinajstić information content (AvgIpc) is 3.24. The molecule has 0 saturated carbocycles. The van der Waals surface area contributed by atoms with Crippen molar-refractivity contribution in [2.45, 2.75) is 38.5 Å². The van der Waals surface area contributed by atoms with Gasteiger partial charge in [-0.15, -0.1) is 0 Å². The van der Waals surface area contributed by atoms with Crippen LogP contribution in [0.25, 0.3) is 11.3 Å². The van der Waals surface area contributed by atoms with Crippen molar-refractivity contribution >= 4 is 38.2 Å². The van der Waals surface area contributed by atoms with Gasteiger partial charge in [-0.05, 0) is 30.7 Å². The second-order valence-corrected chi connectivity index (χ2v) is 10.4. The first-order valence-electron chi connectivity index (χ1n) is 10.8. The van der Waals surface area contributed by atoms with Crippen LogP contribution >= 0.6 is 11.3 Å². The summed E-state index contributed by atoms with van der Waals surface area (Å²) in [6, 6.07) is 15.1. The monoisotopic (exact) mass is 485 g/mol. The van der Waals surface area contributed by atoms with E-state index in [1.807, 2.05) is 44.2 Å². The quantitative estimate of drug-likeness (QED) is 0.404. The number of amides is 1. The first-order chi connectivity index (χ1) is 15.8. The maximum Gasteiger partial charge on any atom is 0.257 e. The molecule has 1 heterocycles. The molecule has 0 spiro atoms. The number of ketones is 1. The molecule has 0 unspecified atom stereocenters. The van der Waals surface area contributed by atoms with Crippen LogP contribution < -0.4 is 5.32 Å². The van der Waals surface area contributed by atoms with Gasteiger partial charge in [-0.2, -0.15) is 4.31 Å². The number of nitrogens with zero attached hydrogens (tertiary/aromatic N) is 2. The molecule has 0 saturated heterocycles. The second-order valence-electron chi connectivity index (χ2n) is 7.45. The summed E-state index contributed by atoms with van der Waals surface area (Å²) in [7, 11) is -3.61. The number of sulfonamides is 1. The molecule has 174 valence electrons. The summed E-state index contributed by atoms with van der Waals surface area (Å²) < 4.78 is 27.2. The maximum atomic E-state index is 12.9. The van der Waals surface area contributed by atoms with E-state index in [-0.39, 0.29) is 10.7 Å². The molecule has 9 heteroatoms. The van der Waals surface area contributed by atoms with E-state index in [9.17, 15) is 18.0 Å². The highest BCUT2D eigenvalue weighted by Gasteiger charge is 2.23. The third-order valence-corrected chi connectivity index (χ3v) is 8.14. The lowest BCUT2D eigenvalue weighted by Crippen LogP contribution is -2.31. The lowest BCUT2D eigenvalue weighted by atomic mass is 10.1. The van der Waals surface area contributed by atoms with Crippen LogP contribution in [0.2, 0.25) is 0 Å². The third kappa shape index (κ3) is 5.73. The van der Waals surface area contributed by atoms with Crippen molar-refractivity contribution < 1.29 is 18.0 Å². The van der Waals surface area contributed by atoms with Gasteiger partial charge < -0.3 is 0 Å². The third-order valence-electron chi connectivity index (χ3n) is 5.08. The minimum Gasteiger partial charge on any atom is -0.298 e. The van der Waals surface area contributed by atoms with Gasteiger partial charge in [-0.1, -0.05) is 61.9 Å². The van der Waals surface area contributed by atoms with E-state index < -0.39 is 15.9 Å². The summed E-state index contributed by atoms with van der Waals surface area (Å²) in [5.41, 5.74) is 1.61. The van der Waals surface area contributed by atoms with Crippen molar-refractivity contribution in [2.75, 3.05) is 18.4 Å². The number of rotatable bonds is 10. The molecule has 7 nitrogen and oxygen atoms in total. The molecule has 0 aliphatic heterocycles. The number of carbonyl (C=O) groups is 2. The fourth-order valence-electron chi connectivity index (χ4n) is 3.28. The van der Waals surface area contributed by atoms with E-state index in [0.29, 0.717) is 34.4 Å². The molecular formula is C24H27N3O4S2. The van der Waals surface area contributed by atoms with Crippen molar-refractivity contribution in [3.63, 3.8) is 0 Å². The van der Waals surface area contributed by atoms with Crippen LogP contribution in [0.4, 0.5) is 5.13 Å². The Balaban J connectivity index is 1.80. The van der Waals surface area contributed by atoms with Gasteiger partial charge >= 0.3 is 0 Å². The van der Waals surface area contributed by atoms with E-state index in [1.54, 1.807) is 0 Å². The first kappa shape index (κ1) is 24.8. The van der Waals surface area contributed by atoms with Crippen LogP contribution in [0.15, 0.2) is 59.5 Å². The molecule has 1 amide bonds. The highest BCUT2D eigenvalue weighted by Crippen LogP contribution is 2.31. The number of nitrogens with one attached hydrogen (secondary N) is 1. The van der Waals surface area contributed by atoms with E-state index in [0.717, 1.165) is 29.7 Å². The van der Waals surface area contributed by atoms with E-state index in [1.165, 1.54) is 35.5 Å². The Labute approximate surface area is 198 Å². The smallest absolute Gasteiger partial charge is 0.257 e. The summed E-state index contributed by atoms with van der Waals surface area (Å²) in [5, 5.41) is 3.02. The fourth-order valence-corrected chi connectivity index (χ4v) is 5.65. The molecule has 3 rings (SSSR count). The molecule has 0 bridgehead atoms. The average molecular weight is 486 g/mol. The number of aromatic nitrogens is 1. The van der Waals surface area contributed by atoms with E-state index in [4.69, 9.17) is 0 Å². The largest absolute Gasteiger partial charge is 0.298 e. The predicted octanol–water partition coefficient (Wildman–Crippen LogP) is 5.08. The topological polar surface area (TPSA) is 96.4 Å². The molecule has 3 aromatic rings. The van der Waals surface area contributed by atoms with Gasteiger partial charge in [0.1, 0.15) is 0 Å². The Morgan fingerprint density at radius 3 is 2.27 bits per heavy atom. The Hall–Kier alpha value is -2.88. The Morgan fingerprint density at radius 2 is 1.70 bits per heavy atom. The minimum atomic E-state index is -3.61. The predicted molar refractivity (Wildman–Crippen MR) is 131 cm³/mol. The molecule has 33 heavy (non-hydrogen) atoms. The van der Waals surface area contributed by atoms with Gasteiger partial charge in [0.05, 0.1) is 15.5 Å².